The fourth-order valence-electron chi connectivity index (χ4n) is 4.90. The Kier molecular flexibility index (Phi) is 8.32. The minimum Gasteiger partial charge on any atom is -0.491 e. The number of imide groups is 1. The zero-order valence-electron chi connectivity index (χ0n) is 20.6. The molecule has 0 bridgehead atoms. The van der Waals surface area contributed by atoms with Crippen LogP contribution in [0.3, 0.4) is 0 Å². The summed E-state index contributed by atoms with van der Waals surface area (Å²) in [5.74, 6) is -0.236. The van der Waals surface area contributed by atoms with Gasteiger partial charge < -0.3 is 15.2 Å². The molecule has 1 saturated heterocycles. The zero-order valence-corrected chi connectivity index (χ0v) is 21.4. The predicted octanol–water partition coefficient (Wildman–Crippen LogP) is 4.69. The monoisotopic (exact) mass is 512 g/mol. The van der Waals surface area contributed by atoms with E-state index in [4.69, 9.17) is 16.3 Å². The standard InChI is InChI=1S/C28H33ClN2O5/c1-19-18-20(5-10-23(19)36-17-16-31-24(32)11-12-25(31)33)4-2-3-15-30-26(28(13-14-28)27(34)35)21-6-8-22(29)9-7-21/h5-10,18,26,30H,2-4,11-17H2,1H3,(H,34,35). The van der Waals surface area contributed by atoms with Crippen molar-refractivity contribution in [3.8, 4) is 5.75 Å². The Bertz CT molecular complexity index is 1100. The SMILES string of the molecule is Cc1cc(CCCCNC(c2ccc(Cl)cc2)C2(C(=O)O)CC2)ccc1OCCN1C(=O)CCC1=O. The third kappa shape index (κ3) is 6.08. The molecule has 2 N–H and O–H groups in total. The molecule has 2 aromatic carbocycles. The number of carboxylic acid groups (broad SMARTS) is 1. The molecule has 7 nitrogen and oxygen atoms in total. The van der Waals surface area contributed by atoms with Crippen LogP contribution in [0.5, 0.6) is 5.75 Å². The molecule has 2 fully saturated rings. The predicted molar refractivity (Wildman–Crippen MR) is 137 cm³/mol. The van der Waals surface area contributed by atoms with E-state index < -0.39 is 11.4 Å². The number of halogens is 1. The van der Waals surface area contributed by atoms with Crippen molar-refractivity contribution in [2.45, 2.75) is 57.9 Å². The summed E-state index contributed by atoms with van der Waals surface area (Å²) in [6, 6.07) is 13.3. The molecule has 0 radical (unpaired) electrons. The number of likely N-dealkylation sites (tertiary alicyclic amines) is 1. The summed E-state index contributed by atoms with van der Waals surface area (Å²) in [6.07, 6.45) is 4.76. The van der Waals surface area contributed by atoms with Crippen LogP contribution in [0, 0.1) is 12.3 Å². The fraction of sp³-hybridized carbons (Fsp3) is 0.464. The lowest BCUT2D eigenvalue weighted by Gasteiger charge is -2.25. The summed E-state index contributed by atoms with van der Waals surface area (Å²) in [5.41, 5.74) is 2.47. The van der Waals surface area contributed by atoms with Gasteiger partial charge in [0.25, 0.3) is 0 Å². The highest BCUT2D eigenvalue weighted by atomic mass is 35.5. The maximum absolute atomic E-state index is 12.0. The van der Waals surface area contributed by atoms with Gasteiger partial charge in [-0.05, 0) is 80.5 Å². The van der Waals surface area contributed by atoms with E-state index in [1.807, 2.05) is 43.3 Å². The van der Waals surface area contributed by atoms with Gasteiger partial charge in [-0.2, -0.15) is 0 Å². The van der Waals surface area contributed by atoms with Crippen LogP contribution in [0.15, 0.2) is 42.5 Å². The third-order valence-electron chi connectivity index (χ3n) is 7.18. The molecule has 1 saturated carbocycles. The van der Waals surface area contributed by atoms with Gasteiger partial charge in [-0.25, -0.2) is 0 Å². The number of carbonyl (C=O) groups excluding carboxylic acids is 2. The van der Waals surface area contributed by atoms with E-state index in [2.05, 4.69) is 11.4 Å². The Morgan fingerprint density at radius 1 is 1.11 bits per heavy atom. The highest BCUT2D eigenvalue weighted by Crippen LogP contribution is 2.55. The summed E-state index contributed by atoms with van der Waals surface area (Å²) in [6.45, 7) is 3.29. The van der Waals surface area contributed by atoms with E-state index in [9.17, 15) is 19.5 Å². The number of rotatable bonds is 13. The molecule has 0 aromatic heterocycles. The Labute approximate surface area is 216 Å². The quantitative estimate of drug-likeness (QED) is 0.298. The second-order valence-electron chi connectivity index (χ2n) is 9.74. The molecule has 1 heterocycles. The van der Waals surface area contributed by atoms with Gasteiger partial charge in [-0.15, -0.1) is 0 Å². The van der Waals surface area contributed by atoms with Gasteiger partial charge >= 0.3 is 5.97 Å². The van der Waals surface area contributed by atoms with Crippen LogP contribution in [0.1, 0.15) is 61.3 Å². The number of nitrogens with zero attached hydrogens (tertiary/aromatic N) is 1. The highest BCUT2D eigenvalue weighted by Gasteiger charge is 2.56. The first kappa shape index (κ1) is 26.2. The van der Waals surface area contributed by atoms with Crippen LogP contribution >= 0.6 is 11.6 Å². The van der Waals surface area contributed by atoms with Crippen LogP contribution in [0.25, 0.3) is 0 Å². The molecule has 2 amide bonds. The Balaban J connectivity index is 1.23. The molecule has 2 aromatic rings. The molecule has 1 unspecified atom stereocenters. The van der Waals surface area contributed by atoms with Gasteiger partial charge in [0.2, 0.25) is 11.8 Å². The Morgan fingerprint density at radius 3 is 2.42 bits per heavy atom. The molecule has 4 rings (SSSR count). The lowest BCUT2D eigenvalue weighted by molar-refractivity contribution is -0.145. The lowest BCUT2D eigenvalue weighted by Crippen LogP contribution is -2.35. The summed E-state index contributed by atoms with van der Waals surface area (Å²) < 4.78 is 5.81. The molecule has 2 aliphatic rings. The average Bonchev–Trinajstić information content (AvgIpc) is 3.60. The number of nitrogens with one attached hydrogen (secondary N) is 1. The maximum atomic E-state index is 12.0. The molecular weight excluding hydrogens is 480 g/mol. The van der Waals surface area contributed by atoms with Crippen molar-refractivity contribution in [1.29, 1.82) is 0 Å². The van der Waals surface area contributed by atoms with Crippen molar-refractivity contribution < 1.29 is 24.2 Å². The fourth-order valence-corrected chi connectivity index (χ4v) is 5.02. The number of aryl methyl sites for hydroxylation is 2. The van der Waals surface area contributed by atoms with Crippen molar-refractivity contribution in [2.75, 3.05) is 19.7 Å². The Morgan fingerprint density at radius 2 is 1.81 bits per heavy atom. The molecule has 1 aliphatic heterocycles. The van der Waals surface area contributed by atoms with Crippen LogP contribution in [0.4, 0.5) is 0 Å². The zero-order chi connectivity index (χ0) is 25.7. The van der Waals surface area contributed by atoms with Gasteiger partial charge in [-0.3, -0.25) is 19.3 Å². The topological polar surface area (TPSA) is 95.9 Å². The van der Waals surface area contributed by atoms with Gasteiger partial charge in [0.15, 0.2) is 0 Å². The normalized spacial score (nSPS) is 17.3. The number of hydrogen-bond acceptors (Lipinski definition) is 5. The lowest BCUT2D eigenvalue weighted by atomic mass is 9.90. The number of unbranched alkanes of at least 4 members (excludes halogenated alkanes) is 1. The van der Waals surface area contributed by atoms with Gasteiger partial charge in [0, 0.05) is 23.9 Å². The number of aliphatic carboxylic acids is 1. The van der Waals surface area contributed by atoms with E-state index in [0.29, 0.717) is 30.7 Å². The minimum absolute atomic E-state index is 0.125. The van der Waals surface area contributed by atoms with Crippen LogP contribution in [-0.2, 0) is 20.8 Å². The summed E-state index contributed by atoms with van der Waals surface area (Å²) in [5, 5.41) is 14.0. The molecule has 36 heavy (non-hydrogen) atoms. The number of amides is 2. The van der Waals surface area contributed by atoms with E-state index in [1.165, 1.54) is 10.5 Å². The molecular formula is C28H33ClN2O5. The van der Waals surface area contributed by atoms with Crippen molar-refractivity contribution in [3.63, 3.8) is 0 Å². The van der Waals surface area contributed by atoms with E-state index >= 15 is 0 Å². The highest BCUT2D eigenvalue weighted by molar-refractivity contribution is 6.30. The molecule has 0 spiro atoms. The molecule has 1 atom stereocenters. The van der Waals surface area contributed by atoms with Gasteiger partial charge in [-0.1, -0.05) is 35.9 Å². The number of carbonyl (C=O) groups is 3. The van der Waals surface area contributed by atoms with Crippen LogP contribution in [0.2, 0.25) is 5.02 Å². The first-order valence-electron chi connectivity index (χ1n) is 12.6. The number of ether oxygens (including phenoxy) is 1. The number of hydrogen-bond donors (Lipinski definition) is 2. The van der Waals surface area contributed by atoms with Crippen molar-refractivity contribution in [3.05, 3.63) is 64.2 Å². The Hall–Kier alpha value is -2.90. The van der Waals surface area contributed by atoms with E-state index in [0.717, 1.165) is 42.7 Å². The molecule has 1 aliphatic carbocycles. The second-order valence-corrected chi connectivity index (χ2v) is 10.2. The first-order chi connectivity index (χ1) is 17.3. The van der Waals surface area contributed by atoms with Crippen molar-refractivity contribution in [1.82, 2.24) is 10.2 Å². The average molecular weight is 513 g/mol. The smallest absolute Gasteiger partial charge is 0.311 e. The number of benzene rings is 2. The summed E-state index contributed by atoms with van der Waals surface area (Å²) >= 11 is 6.02. The molecule has 8 heteroatoms. The second kappa shape index (κ2) is 11.4. The summed E-state index contributed by atoms with van der Waals surface area (Å²) in [7, 11) is 0. The third-order valence-corrected chi connectivity index (χ3v) is 7.43. The number of carboxylic acids is 1. The van der Waals surface area contributed by atoms with Crippen molar-refractivity contribution in [2.24, 2.45) is 5.41 Å². The molecule has 192 valence electrons. The van der Waals surface area contributed by atoms with Gasteiger partial charge in [0.05, 0.1) is 12.0 Å². The van der Waals surface area contributed by atoms with Crippen LogP contribution in [-0.4, -0.2) is 47.5 Å². The minimum atomic E-state index is -0.744. The van der Waals surface area contributed by atoms with Crippen molar-refractivity contribution >= 4 is 29.4 Å². The maximum Gasteiger partial charge on any atom is 0.311 e. The van der Waals surface area contributed by atoms with Gasteiger partial charge in [0.1, 0.15) is 12.4 Å². The first-order valence-corrected chi connectivity index (χ1v) is 13.0. The van der Waals surface area contributed by atoms with Crippen LogP contribution < -0.4 is 10.1 Å². The largest absolute Gasteiger partial charge is 0.491 e. The summed E-state index contributed by atoms with van der Waals surface area (Å²) in [4.78, 5) is 36.6. The van der Waals surface area contributed by atoms with E-state index in [1.54, 1.807) is 0 Å². The van der Waals surface area contributed by atoms with E-state index in [-0.39, 0.29) is 31.0 Å².